The number of H-pyrrole nitrogens is 1. The maximum absolute atomic E-state index is 6.30. The number of hydrogen-bond acceptors (Lipinski definition) is 10. The smallest absolute Gasteiger partial charge is 0.159 e. The van der Waals surface area contributed by atoms with Gasteiger partial charge in [-0.2, -0.15) is 5.10 Å². The molecule has 0 bridgehead atoms. The predicted molar refractivity (Wildman–Crippen MR) is 207 cm³/mol. The monoisotopic (exact) mass is 686 g/mol. The van der Waals surface area contributed by atoms with Crippen LogP contribution in [0.5, 0.6) is 0 Å². The molecule has 2 fully saturated rings. The molecular formula is C39H46N10S. The van der Waals surface area contributed by atoms with Gasteiger partial charge >= 0.3 is 0 Å². The van der Waals surface area contributed by atoms with Crippen LogP contribution in [0.4, 0.5) is 11.4 Å². The third kappa shape index (κ3) is 7.85. The fourth-order valence-electron chi connectivity index (χ4n) is 6.71. The maximum Gasteiger partial charge on any atom is 0.159 e. The van der Waals surface area contributed by atoms with E-state index in [4.69, 9.17) is 5.14 Å². The van der Waals surface area contributed by atoms with Crippen LogP contribution < -0.4 is 15.4 Å². The van der Waals surface area contributed by atoms with Crippen LogP contribution >= 0.6 is 11.9 Å². The molecule has 0 spiro atoms. The van der Waals surface area contributed by atoms with Gasteiger partial charge < -0.3 is 15.1 Å². The molecule has 2 aliphatic rings. The van der Waals surface area contributed by atoms with E-state index in [0.717, 1.165) is 109 Å². The third-order valence-electron chi connectivity index (χ3n) is 9.62. The Morgan fingerprint density at radius 1 is 0.980 bits per heavy atom. The van der Waals surface area contributed by atoms with Crippen LogP contribution in [-0.2, 0) is 0 Å². The van der Waals surface area contributed by atoms with Crippen LogP contribution in [0.2, 0.25) is 0 Å². The minimum atomic E-state index is -0.00345. The van der Waals surface area contributed by atoms with Crippen LogP contribution in [0.25, 0.3) is 33.5 Å². The molecule has 3 aromatic heterocycles. The summed E-state index contributed by atoms with van der Waals surface area (Å²) in [4.78, 5) is 20.6. The van der Waals surface area contributed by atoms with Gasteiger partial charge in [0.15, 0.2) is 5.82 Å². The first-order chi connectivity index (χ1) is 24.5. The Balaban J connectivity index is 0.943. The second kappa shape index (κ2) is 15.5. The Morgan fingerprint density at radius 2 is 1.76 bits per heavy atom. The number of nitrogens with one attached hydrogen (secondary N) is 2. The summed E-state index contributed by atoms with van der Waals surface area (Å²) >= 11 is 1.34. The second-order valence-electron chi connectivity index (χ2n) is 13.2. The number of nitrogens with zero attached hydrogens (tertiary/aromatic N) is 7. The number of pyridine rings is 1. The Kier molecular flexibility index (Phi) is 10.4. The number of fused-ring (bicyclic) bond motifs is 1. The van der Waals surface area contributed by atoms with E-state index in [-0.39, 0.29) is 5.25 Å². The normalized spacial score (nSPS) is 15.4. The van der Waals surface area contributed by atoms with E-state index in [1.165, 1.54) is 30.5 Å². The Bertz CT molecular complexity index is 1910. The molecule has 7 rings (SSSR count). The molecule has 4 heterocycles. The Morgan fingerprint density at radius 3 is 2.48 bits per heavy atom. The van der Waals surface area contributed by atoms with Crippen molar-refractivity contribution in [3.8, 4) is 22.6 Å². The highest BCUT2D eigenvalue weighted by Crippen LogP contribution is 2.40. The lowest BCUT2D eigenvalue weighted by molar-refractivity contribution is 0.246. The summed E-state index contributed by atoms with van der Waals surface area (Å²) in [6.07, 6.45) is 8.94. The van der Waals surface area contributed by atoms with E-state index in [1.807, 2.05) is 18.3 Å². The highest BCUT2D eigenvalue weighted by molar-refractivity contribution is 7.97. The molecule has 2 aromatic carbocycles. The summed E-state index contributed by atoms with van der Waals surface area (Å²) in [7, 11) is 0. The lowest BCUT2D eigenvalue weighted by Gasteiger charge is -2.39. The van der Waals surface area contributed by atoms with Gasteiger partial charge in [0.1, 0.15) is 5.69 Å². The number of piperazine rings is 1. The molecule has 0 amide bonds. The van der Waals surface area contributed by atoms with Gasteiger partial charge in [0.25, 0.3) is 0 Å². The van der Waals surface area contributed by atoms with E-state index in [9.17, 15) is 0 Å². The molecule has 258 valence electrons. The summed E-state index contributed by atoms with van der Waals surface area (Å²) in [5.74, 6) is 1.34. The van der Waals surface area contributed by atoms with Gasteiger partial charge in [-0.05, 0) is 86.5 Å². The fourth-order valence-corrected chi connectivity index (χ4v) is 7.23. The second-order valence-corrected chi connectivity index (χ2v) is 14.1. The number of rotatable bonds is 15. The minimum Gasteiger partial charge on any atom is -0.371 e. The summed E-state index contributed by atoms with van der Waals surface area (Å²) in [5, 5.41) is 18.8. The summed E-state index contributed by atoms with van der Waals surface area (Å²) in [6.45, 7) is 17.5. The molecule has 1 aliphatic carbocycles. The number of aromatic nitrogens is 5. The van der Waals surface area contributed by atoms with Gasteiger partial charge in [0.2, 0.25) is 0 Å². The van der Waals surface area contributed by atoms with Crippen molar-refractivity contribution in [2.24, 2.45) is 5.14 Å². The lowest BCUT2D eigenvalue weighted by atomic mass is 10.1. The van der Waals surface area contributed by atoms with Gasteiger partial charge in [-0.1, -0.05) is 32.0 Å². The van der Waals surface area contributed by atoms with Gasteiger partial charge in [-0.15, -0.1) is 0 Å². The molecule has 50 heavy (non-hydrogen) atoms. The zero-order valence-corrected chi connectivity index (χ0v) is 29.6. The molecule has 10 nitrogen and oxygen atoms in total. The number of hydrogen-bond donors (Lipinski definition) is 3. The maximum atomic E-state index is 6.30. The topological polar surface area (TPSA) is 115 Å². The van der Waals surface area contributed by atoms with Crippen LogP contribution in [0.15, 0.2) is 104 Å². The first-order valence-electron chi connectivity index (χ1n) is 17.5. The first kappa shape index (κ1) is 33.8. The molecule has 1 saturated heterocycles. The highest BCUT2D eigenvalue weighted by atomic mass is 32.2. The van der Waals surface area contributed by atoms with Crippen LogP contribution in [0.1, 0.15) is 37.8 Å². The number of aromatic amines is 1. The van der Waals surface area contributed by atoms with Gasteiger partial charge in [-0.3, -0.25) is 20.1 Å². The molecule has 5 aromatic rings. The number of anilines is 2. The zero-order valence-electron chi connectivity index (χ0n) is 28.8. The molecule has 1 saturated carbocycles. The van der Waals surface area contributed by atoms with E-state index in [1.54, 1.807) is 12.4 Å². The van der Waals surface area contributed by atoms with Crippen LogP contribution in [-0.4, -0.2) is 86.0 Å². The summed E-state index contributed by atoms with van der Waals surface area (Å²) in [6, 6.07) is 20.9. The Labute approximate surface area is 299 Å². The fraction of sp³-hybridized carbons (Fsp3) is 0.333. The highest BCUT2D eigenvalue weighted by Gasteiger charge is 2.26. The number of nitrogens with two attached hydrogens (primary N) is 1. The van der Waals surface area contributed by atoms with Gasteiger partial charge in [-0.25, -0.2) is 9.97 Å². The molecule has 1 atom stereocenters. The third-order valence-corrected chi connectivity index (χ3v) is 10.4. The van der Waals surface area contributed by atoms with Gasteiger partial charge in [0.05, 0.1) is 10.8 Å². The van der Waals surface area contributed by atoms with Crippen LogP contribution in [0, 0.1) is 0 Å². The van der Waals surface area contributed by atoms with Crippen molar-refractivity contribution in [1.82, 2.24) is 34.9 Å². The Hall–Kier alpha value is -4.71. The van der Waals surface area contributed by atoms with Gasteiger partial charge in [0, 0.05) is 109 Å². The lowest BCUT2D eigenvalue weighted by Crippen LogP contribution is -2.47. The molecule has 11 heteroatoms. The standard InChI is InChI=1S/C39H46N10S/c1-4-18-47(25-27(2)48-19-21-49(22-20-48)33-11-8-30(9-12-33)39-42-15-5-16-43-39)26-37(50-40)28(3)44-32-10-13-35-34(24-32)38(46-45-35)31-14-17-41-36(23-31)29-6-7-29/h5,8-17,23-24,29,37,44H,2-4,6-7,18-22,25-26,40H2,1H3,(H,45,46). The minimum absolute atomic E-state index is 0.00345. The molecule has 0 radical (unpaired) electrons. The van der Waals surface area contributed by atoms with E-state index in [2.05, 4.69) is 114 Å². The van der Waals surface area contributed by atoms with Crippen molar-refractivity contribution in [2.75, 3.05) is 56.0 Å². The van der Waals surface area contributed by atoms with E-state index >= 15 is 0 Å². The van der Waals surface area contributed by atoms with E-state index in [0.29, 0.717) is 5.92 Å². The van der Waals surface area contributed by atoms with E-state index < -0.39 is 0 Å². The number of benzene rings is 2. The molecule has 1 aliphatic heterocycles. The largest absolute Gasteiger partial charge is 0.371 e. The zero-order chi connectivity index (χ0) is 34.5. The van der Waals surface area contributed by atoms with Crippen molar-refractivity contribution < 1.29 is 0 Å². The molecule has 1 unspecified atom stereocenters. The molecule has 4 N–H and O–H groups in total. The predicted octanol–water partition coefficient (Wildman–Crippen LogP) is 6.91. The van der Waals surface area contributed by atoms with Crippen molar-refractivity contribution in [1.29, 1.82) is 0 Å². The average Bonchev–Trinajstić information content (AvgIpc) is 3.93. The molecular weight excluding hydrogens is 641 g/mol. The summed E-state index contributed by atoms with van der Waals surface area (Å²) < 4.78 is 0. The quantitative estimate of drug-likeness (QED) is 0.100. The van der Waals surface area contributed by atoms with Crippen molar-refractivity contribution in [2.45, 2.75) is 37.4 Å². The van der Waals surface area contributed by atoms with Crippen molar-refractivity contribution in [3.05, 3.63) is 110 Å². The average molecular weight is 687 g/mol. The first-order valence-corrected chi connectivity index (χ1v) is 18.5. The van der Waals surface area contributed by atoms with Crippen LogP contribution in [0.3, 0.4) is 0 Å². The van der Waals surface area contributed by atoms with Crippen molar-refractivity contribution >= 4 is 34.2 Å². The summed E-state index contributed by atoms with van der Waals surface area (Å²) in [5.41, 5.74) is 9.42. The van der Waals surface area contributed by atoms with Crippen molar-refractivity contribution in [3.63, 3.8) is 0 Å². The SMILES string of the molecule is C=C(Nc1ccc2[nH]nc(-c3ccnc(C4CC4)c3)c2c1)C(CN(CCC)CC(=C)N1CCN(c2ccc(-c3ncccn3)cc2)CC1)SN.